The first-order chi connectivity index (χ1) is 12.2. The van der Waals surface area contributed by atoms with E-state index in [-0.39, 0.29) is 12.7 Å². The Labute approximate surface area is 150 Å². The highest BCUT2D eigenvalue weighted by molar-refractivity contribution is 5.99. The fourth-order valence-corrected chi connectivity index (χ4v) is 2.81. The van der Waals surface area contributed by atoms with E-state index in [4.69, 9.17) is 9.47 Å². The summed E-state index contributed by atoms with van der Waals surface area (Å²) in [4.78, 5) is 11.9. The van der Waals surface area contributed by atoms with Crippen molar-refractivity contribution in [3.63, 3.8) is 0 Å². The Morgan fingerprint density at radius 2 is 1.72 bits per heavy atom. The number of benzene rings is 1. The number of carbonyl (C=O) groups is 1. The zero-order valence-corrected chi connectivity index (χ0v) is 15.5. The smallest absolute Gasteiger partial charge is 0.240 e. The highest BCUT2D eigenvalue weighted by atomic mass is 16.7. The van der Waals surface area contributed by atoms with Gasteiger partial charge >= 0.3 is 0 Å². The molecule has 1 aliphatic rings. The van der Waals surface area contributed by atoms with E-state index >= 15 is 0 Å². The first-order valence-corrected chi connectivity index (χ1v) is 9.44. The van der Waals surface area contributed by atoms with Gasteiger partial charge in [0.15, 0.2) is 11.5 Å². The van der Waals surface area contributed by atoms with Gasteiger partial charge in [0.05, 0.1) is 5.71 Å². The van der Waals surface area contributed by atoms with E-state index in [0.29, 0.717) is 6.42 Å². The first kappa shape index (κ1) is 19.3. The monoisotopic (exact) mass is 346 g/mol. The van der Waals surface area contributed by atoms with Gasteiger partial charge in [-0.2, -0.15) is 5.10 Å². The molecule has 0 aliphatic carbocycles. The molecule has 1 N–H and O–H groups in total. The van der Waals surface area contributed by atoms with Gasteiger partial charge in [-0.25, -0.2) is 5.43 Å². The molecule has 5 nitrogen and oxygen atoms in total. The van der Waals surface area contributed by atoms with E-state index in [1.807, 2.05) is 25.1 Å². The highest BCUT2D eigenvalue weighted by Gasteiger charge is 2.14. The Balaban J connectivity index is 1.62. The third-order valence-corrected chi connectivity index (χ3v) is 4.40. The van der Waals surface area contributed by atoms with Gasteiger partial charge in [-0.1, -0.05) is 51.9 Å². The van der Waals surface area contributed by atoms with Crippen molar-refractivity contribution < 1.29 is 14.3 Å². The van der Waals surface area contributed by atoms with Gasteiger partial charge in [0.2, 0.25) is 12.7 Å². The molecule has 0 fully saturated rings. The number of fused-ring (bicyclic) bond motifs is 1. The molecule has 2 rings (SSSR count). The summed E-state index contributed by atoms with van der Waals surface area (Å²) in [5, 5.41) is 4.19. The van der Waals surface area contributed by atoms with Crippen LogP contribution in [0, 0.1) is 0 Å². The number of carbonyl (C=O) groups excluding carboxylic acids is 1. The van der Waals surface area contributed by atoms with Crippen LogP contribution in [0.3, 0.4) is 0 Å². The van der Waals surface area contributed by atoms with Crippen LogP contribution in [0.25, 0.3) is 0 Å². The summed E-state index contributed by atoms with van der Waals surface area (Å²) in [6.45, 7) is 4.35. The quantitative estimate of drug-likeness (QED) is 0.356. The number of hydrazone groups is 1. The molecule has 0 aromatic heterocycles. The van der Waals surface area contributed by atoms with Crippen LogP contribution in [0.2, 0.25) is 0 Å². The summed E-state index contributed by atoms with van der Waals surface area (Å²) >= 11 is 0. The van der Waals surface area contributed by atoms with Crippen molar-refractivity contribution in [3.05, 3.63) is 23.8 Å². The van der Waals surface area contributed by atoms with Gasteiger partial charge < -0.3 is 9.47 Å². The number of unbranched alkanes of at least 4 members (excludes halogenated alkanes) is 7. The largest absolute Gasteiger partial charge is 0.454 e. The molecule has 0 unspecified atom stereocenters. The zero-order valence-electron chi connectivity index (χ0n) is 15.5. The SMILES string of the molecule is CCCCCCCCCCC(=O)N/N=C(/C)c1ccc2c(c1)OCO2. The van der Waals surface area contributed by atoms with Crippen LogP contribution in [0.15, 0.2) is 23.3 Å². The molecule has 0 atom stereocenters. The maximum atomic E-state index is 11.9. The minimum Gasteiger partial charge on any atom is -0.454 e. The van der Waals surface area contributed by atoms with E-state index in [1.54, 1.807) is 0 Å². The lowest BCUT2D eigenvalue weighted by Crippen LogP contribution is -2.18. The highest BCUT2D eigenvalue weighted by Crippen LogP contribution is 2.32. The summed E-state index contributed by atoms with van der Waals surface area (Å²) < 4.78 is 10.6. The second-order valence-corrected chi connectivity index (χ2v) is 6.53. The van der Waals surface area contributed by atoms with Crippen LogP contribution in [0.4, 0.5) is 0 Å². The predicted molar refractivity (Wildman–Crippen MR) is 100 cm³/mol. The molecular formula is C20H30N2O3. The number of hydrogen-bond donors (Lipinski definition) is 1. The summed E-state index contributed by atoms with van der Waals surface area (Å²) in [6, 6.07) is 5.65. The van der Waals surface area contributed by atoms with Crippen LogP contribution >= 0.6 is 0 Å². The Bertz CT molecular complexity index is 584. The van der Waals surface area contributed by atoms with E-state index in [2.05, 4.69) is 17.5 Å². The predicted octanol–water partition coefficient (Wildman–Crippen LogP) is 4.79. The molecule has 0 saturated heterocycles. The number of nitrogens with zero attached hydrogens (tertiary/aromatic N) is 1. The standard InChI is InChI=1S/C20H30N2O3/c1-3-4-5-6-7-8-9-10-11-20(23)22-21-16(2)17-12-13-18-19(14-17)25-15-24-18/h12-14H,3-11,15H2,1-2H3,(H,22,23)/b21-16-. The third kappa shape index (κ3) is 6.77. The Hall–Kier alpha value is -2.04. The van der Waals surface area contributed by atoms with E-state index in [9.17, 15) is 4.79 Å². The molecule has 1 aliphatic heterocycles. The fourth-order valence-electron chi connectivity index (χ4n) is 2.81. The number of ether oxygens (including phenoxy) is 2. The van der Waals surface area contributed by atoms with Gasteiger partial charge in [-0.3, -0.25) is 4.79 Å². The molecule has 1 aromatic rings. The molecule has 1 aromatic carbocycles. The van der Waals surface area contributed by atoms with Crippen LogP contribution in [-0.4, -0.2) is 18.4 Å². The lowest BCUT2D eigenvalue weighted by molar-refractivity contribution is -0.121. The van der Waals surface area contributed by atoms with E-state index in [0.717, 1.165) is 35.6 Å². The van der Waals surface area contributed by atoms with Gasteiger partial charge in [-0.05, 0) is 31.5 Å². The minimum absolute atomic E-state index is 0.0222. The molecule has 0 spiro atoms. The summed E-state index contributed by atoms with van der Waals surface area (Å²) in [5.41, 5.74) is 4.31. The fraction of sp³-hybridized carbons (Fsp3) is 0.600. The average Bonchev–Trinajstić information content (AvgIpc) is 3.09. The molecule has 5 heteroatoms. The summed E-state index contributed by atoms with van der Waals surface area (Å²) in [5.74, 6) is 1.44. The normalized spacial score (nSPS) is 13.1. The molecular weight excluding hydrogens is 316 g/mol. The summed E-state index contributed by atoms with van der Waals surface area (Å²) in [6.07, 6.45) is 10.4. The molecule has 25 heavy (non-hydrogen) atoms. The number of nitrogens with one attached hydrogen (secondary N) is 1. The van der Waals surface area contributed by atoms with Crippen molar-refractivity contribution in [1.82, 2.24) is 5.43 Å². The van der Waals surface area contributed by atoms with Crippen LogP contribution in [0.5, 0.6) is 11.5 Å². The molecule has 0 bridgehead atoms. The van der Waals surface area contributed by atoms with E-state index < -0.39 is 0 Å². The lowest BCUT2D eigenvalue weighted by atomic mass is 10.1. The minimum atomic E-state index is -0.0222. The lowest BCUT2D eigenvalue weighted by Gasteiger charge is -2.04. The zero-order chi connectivity index (χ0) is 17.9. The molecule has 0 saturated carbocycles. The van der Waals surface area contributed by atoms with Crippen molar-refractivity contribution >= 4 is 11.6 Å². The molecule has 1 amide bonds. The average molecular weight is 346 g/mol. The Morgan fingerprint density at radius 1 is 1.04 bits per heavy atom. The van der Waals surface area contributed by atoms with Crippen LogP contribution in [-0.2, 0) is 4.79 Å². The van der Waals surface area contributed by atoms with Crippen molar-refractivity contribution in [2.75, 3.05) is 6.79 Å². The number of rotatable bonds is 11. The van der Waals surface area contributed by atoms with Gasteiger partial charge in [0.25, 0.3) is 0 Å². The molecule has 1 heterocycles. The topological polar surface area (TPSA) is 59.9 Å². The van der Waals surface area contributed by atoms with Crippen molar-refractivity contribution in [3.8, 4) is 11.5 Å². The maximum Gasteiger partial charge on any atom is 0.240 e. The summed E-state index contributed by atoms with van der Waals surface area (Å²) in [7, 11) is 0. The third-order valence-electron chi connectivity index (χ3n) is 4.40. The van der Waals surface area contributed by atoms with E-state index in [1.165, 1.54) is 38.5 Å². The van der Waals surface area contributed by atoms with Gasteiger partial charge in [-0.15, -0.1) is 0 Å². The van der Waals surface area contributed by atoms with Crippen molar-refractivity contribution in [2.45, 2.75) is 71.6 Å². The molecule has 0 radical (unpaired) electrons. The Kier molecular flexibility index (Phi) is 8.29. The number of hydrogen-bond acceptors (Lipinski definition) is 4. The van der Waals surface area contributed by atoms with Crippen molar-refractivity contribution in [2.24, 2.45) is 5.10 Å². The number of amides is 1. The first-order valence-electron chi connectivity index (χ1n) is 9.44. The van der Waals surface area contributed by atoms with Gasteiger partial charge in [0, 0.05) is 12.0 Å². The second-order valence-electron chi connectivity index (χ2n) is 6.53. The Morgan fingerprint density at radius 3 is 2.48 bits per heavy atom. The van der Waals surface area contributed by atoms with Crippen LogP contribution < -0.4 is 14.9 Å². The second kappa shape index (κ2) is 10.7. The van der Waals surface area contributed by atoms with Crippen LogP contribution in [0.1, 0.15) is 77.2 Å². The molecule has 138 valence electrons. The maximum absolute atomic E-state index is 11.9. The van der Waals surface area contributed by atoms with Gasteiger partial charge in [0.1, 0.15) is 0 Å². The van der Waals surface area contributed by atoms with Crippen molar-refractivity contribution in [1.29, 1.82) is 0 Å².